The number of benzene rings is 3. The van der Waals surface area contributed by atoms with Crippen LogP contribution >= 0.6 is 0 Å². The number of carboxylic acids is 1. The Balaban J connectivity index is 1.47. The quantitative estimate of drug-likeness (QED) is 0.437. The second-order valence-corrected chi connectivity index (χ2v) is 7.00. The summed E-state index contributed by atoms with van der Waals surface area (Å²) in [5, 5.41) is 10.2. The van der Waals surface area contributed by atoms with E-state index in [9.17, 15) is 9.18 Å². The predicted octanol–water partition coefficient (Wildman–Crippen LogP) is 5.39. The van der Waals surface area contributed by atoms with E-state index in [2.05, 4.69) is 4.98 Å². The smallest absolute Gasteiger partial charge is 0.337 e. The van der Waals surface area contributed by atoms with Crippen molar-refractivity contribution < 1.29 is 23.8 Å². The van der Waals surface area contributed by atoms with Gasteiger partial charge in [-0.3, -0.25) is 0 Å². The average Bonchev–Trinajstić information content (AvgIpc) is 2.78. The van der Waals surface area contributed by atoms with E-state index in [4.69, 9.17) is 14.6 Å². The molecule has 6 heteroatoms. The van der Waals surface area contributed by atoms with Gasteiger partial charge >= 0.3 is 5.97 Å². The number of nitrogens with zero attached hydrogens (tertiary/aromatic N) is 1. The Hall–Kier alpha value is -3.77. The summed E-state index contributed by atoms with van der Waals surface area (Å²) in [5.41, 5.74) is 3.00. The molecule has 0 fully saturated rings. The maximum atomic E-state index is 14.6. The van der Waals surface area contributed by atoms with Crippen molar-refractivity contribution in [3.63, 3.8) is 0 Å². The number of aromatic nitrogens is 1. The number of ether oxygens (including phenoxy) is 2. The van der Waals surface area contributed by atoms with Crippen LogP contribution in [0.15, 0.2) is 78.9 Å². The molecule has 1 unspecified atom stereocenters. The molecule has 31 heavy (non-hydrogen) atoms. The van der Waals surface area contributed by atoms with E-state index in [0.717, 1.165) is 16.6 Å². The molecule has 3 aromatic carbocycles. The summed E-state index contributed by atoms with van der Waals surface area (Å²) in [5.74, 6) is -1.05. The van der Waals surface area contributed by atoms with E-state index in [1.54, 1.807) is 36.4 Å². The van der Waals surface area contributed by atoms with E-state index >= 15 is 0 Å². The van der Waals surface area contributed by atoms with Crippen molar-refractivity contribution in [2.45, 2.75) is 12.7 Å². The van der Waals surface area contributed by atoms with Crippen LogP contribution in [-0.4, -0.2) is 23.2 Å². The highest BCUT2D eigenvalue weighted by Crippen LogP contribution is 2.28. The van der Waals surface area contributed by atoms with Crippen LogP contribution in [0.25, 0.3) is 22.0 Å². The Bertz CT molecular complexity index is 1220. The van der Waals surface area contributed by atoms with E-state index in [1.807, 2.05) is 36.4 Å². The molecule has 0 bridgehead atoms. The number of carbonyl (C=O) groups is 1. The zero-order valence-corrected chi connectivity index (χ0v) is 16.8. The van der Waals surface area contributed by atoms with Gasteiger partial charge in [-0.25, -0.2) is 14.2 Å². The Morgan fingerprint density at radius 2 is 1.81 bits per heavy atom. The van der Waals surface area contributed by atoms with Gasteiger partial charge in [0.15, 0.2) is 6.10 Å². The zero-order chi connectivity index (χ0) is 21.8. The number of aliphatic carboxylic acids is 1. The normalized spacial score (nSPS) is 11.9. The fraction of sp³-hybridized carbons (Fsp3) is 0.120. The first kappa shape index (κ1) is 20.5. The van der Waals surface area contributed by atoms with Crippen LogP contribution in [0.5, 0.6) is 5.75 Å². The van der Waals surface area contributed by atoms with Crippen LogP contribution in [0.4, 0.5) is 4.39 Å². The Labute approximate surface area is 178 Å². The van der Waals surface area contributed by atoms with Crippen LogP contribution in [0, 0.1) is 5.82 Å². The summed E-state index contributed by atoms with van der Waals surface area (Å²) >= 11 is 0. The molecule has 0 aliphatic carbocycles. The number of halogens is 1. The summed E-state index contributed by atoms with van der Waals surface area (Å²) in [6.45, 7) is 0.320. The van der Waals surface area contributed by atoms with Crippen molar-refractivity contribution in [1.82, 2.24) is 4.98 Å². The van der Waals surface area contributed by atoms with Gasteiger partial charge in [-0.2, -0.15) is 0 Å². The van der Waals surface area contributed by atoms with Crippen LogP contribution in [-0.2, 0) is 16.1 Å². The molecule has 4 rings (SSSR count). The van der Waals surface area contributed by atoms with E-state index in [1.165, 1.54) is 13.2 Å². The van der Waals surface area contributed by atoms with Crippen molar-refractivity contribution in [2.75, 3.05) is 7.11 Å². The highest BCUT2D eigenvalue weighted by atomic mass is 19.1. The zero-order valence-electron chi connectivity index (χ0n) is 16.8. The number of methoxy groups -OCH3 is 1. The molecule has 1 atom stereocenters. The number of rotatable bonds is 7. The van der Waals surface area contributed by atoms with Crippen molar-refractivity contribution in [2.24, 2.45) is 0 Å². The maximum Gasteiger partial charge on any atom is 0.337 e. The van der Waals surface area contributed by atoms with Crippen molar-refractivity contribution in [1.29, 1.82) is 0 Å². The third kappa shape index (κ3) is 4.54. The summed E-state index contributed by atoms with van der Waals surface area (Å²) in [7, 11) is 1.27. The minimum Gasteiger partial charge on any atom is -0.487 e. The number of fused-ring (bicyclic) bond motifs is 1. The maximum absolute atomic E-state index is 14.6. The Kier molecular flexibility index (Phi) is 5.91. The molecular formula is C25H20FNO4. The molecular weight excluding hydrogens is 397 g/mol. The molecule has 0 radical (unpaired) electrons. The van der Waals surface area contributed by atoms with E-state index in [0.29, 0.717) is 23.5 Å². The van der Waals surface area contributed by atoms with Crippen LogP contribution in [0.1, 0.15) is 17.4 Å². The number of pyridine rings is 1. The van der Waals surface area contributed by atoms with Crippen molar-refractivity contribution in [3.8, 4) is 16.9 Å². The number of para-hydroxylation sites is 1. The highest BCUT2D eigenvalue weighted by Gasteiger charge is 2.20. The summed E-state index contributed by atoms with van der Waals surface area (Å²) < 4.78 is 25.3. The largest absolute Gasteiger partial charge is 0.487 e. The lowest BCUT2D eigenvalue weighted by Crippen LogP contribution is -2.13. The summed E-state index contributed by atoms with van der Waals surface area (Å²) in [6.07, 6.45) is -1.21. The molecule has 5 nitrogen and oxygen atoms in total. The minimum absolute atomic E-state index is 0.249. The molecule has 156 valence electrons. The standard InChI is InChI=1S/C25H20FNO4/c1-30-24(25(28)29)18-9-13-21(22(26)14-18)16-7-11-20(12-8-16)31-15-19-10-6-17-4-2-3-5-23(17)27-19/h2-14,24H,15H2,1H3,(H,28,29). The van der Waals surface area contributed by atoms with Gasteiger partial charge < -0.3 is 14.6 Å². The molecule has 0 amide bonds. The van der Waals surface area contributed by atoms with E-state index in [-0.39, 0.29) is 5.56 Å². The van der Waals surface area contributed by atoms with Gasteiger partial charge in [-0.15, -0.1) is 0 Å². The second kappa shape index (κ2) is 8.93. The SMILES string of the molecule is COC(C(=O)O)c1ccc(-c2ccc(OCc3ccc4ccccc4n3)cc2)c(F)c1. The average molecular weight is 417 g/mol. The van der Waals surface area contributed by atoms with Gasteiger partial charge in [-0.1, -0.05) is 48.5 Å². The fourth-order valence-electron chi connectivity index (χ4n) is 3.38. The molecule has 0 spiro atoms. The third-order valence-electron chi connectivity index (χ3n) is 4.96. The van der Waals surface area contributed by atoms with Crippen molar-refractivity contribution >= 4 is 16.9 Å². The highest BCUT2D eigenvalue weighted by molar-refractivity contribution is 5.78. The molecule has 1 heterocycles. The lowest BCUT2D eigenvalue weighted by atomic mass is 10.0. The van der Waals surface area contributed by atoms with Crippen LogP contribution in [0.2, 0.25) is 0 Å². The Morgan fingerprint density at radius 1 is 1.03 bits per heavy atom. The number of carboxylic acid groups (broad SMARTS) is 1. The summed E-state index contributed by atoms with van der Waals surface area (Å²) in [4.78, 5) is 15.8. The van der Waals surface area contributed by atoms with Gasteiger partial charge in [0.25, 0.3) is 0 Å². The Morgan fingerprint density at radius 3 is 2.52 bits per heavy atom. The van der Waals surface area contributed by atoms with Gasteiger partial charge in [0.1, 0.15) is 18.2 Å². The third-order valence-corrected chi connectivity index (χ3v) is 4.96. The second-order valence-electron chi connectivity index (χ2n) is 7.00. The molecule has 1 aromatic heterocycles. The lowest BCUT2D eigenvalue weighted by Gasteiger charge is -2.13. The molecule has 4 aromatic rings. The molecule has 0 aliphatic heterocycles. The van der Waals surface area contributed by atoms with Gasteiger partial charge in [0.2, 0.25) is 0 Å². The first-order valence-electron chi connectivity index (χ1n) is 9.68. The molecule has 0 saturated carbocycles. The number of hydrogen-bond acceptors (Lipinski definition) is 4. The van der Waals surface area contributed by atoms with Gasteiger partial charge in [0.05, 0.1) is 11.2 Å². The lowest BCUT2D eigenvalue weighted by molar-refractivity contribution is -0.148. The molecule has 0 aliphatic rings. The molecule has 0 saturated heterocycles. The predicted molar refractivity (Wildman–Crippen MR) is 115 cm³/mol. The van der Waals surface area contributed by atoms with E-state index < -0.39 is 17.9 Å². The van der Waals surface area contributed by atoms with Crippen LogP contribution < -0.4 is 4.74 Å². The minimum atomic E-state index is -1.21. The van der Waals surface area contributed by atoms with Gasteiger partial charge in [-0.05, 0) is 41.5 Å². The monoisotopic (exact) mass is 417 g/mol. The fourth-order valence-corrected chi connectivity index (χ4v) is 3.38. The van der Waals surface area contributed by atoms with Crippen LogP contribution in [0.3, 0.4) is 0 Å². The van der Waals surface area contributed by atoms with Gasteiger partial charge in [0, 0.05) is 18.1 Å². The molecule has 1 N–H and O–H groups in total. The summed E-state index contributed by atoms with van der Waals surface area (Å²) in [6, 6.07) is 23.1. The number of hydrogen-bond donors (Lipinski definition) is 1. The topological polar surface area (TPSA) is 68.7 Å². The first-order chi connectivity index (χ1) is 15.0. The first-order valence-corrected chi connectivity index (χ1v) is 9.68. The van der Waals surface area contributed by atoms with Crippen molar-refractivity contribution in [3.05, 3.63) is 95.9 Å².